The molecule has 3 N–H and O–H groups in total. The standard InChI is InChI=1S/C12H24N2O2/c1-3-10(2)14-11(15)8-13-9-12(16)6-4-5-7-12/h10,13,16H,3-9H2,1-2H3,(H,14,15). The maximum Gasteiger partial charge on any atom is 0.234 e. The van der Waals surface area contributed by atoms with Gasteiger partial charge in [0.1, 0.15) is 0 Å². The highest BCUT2D eigenvalue weighted by Gasteiger charge is 2.30. The van der Waals surface area contributed by atoms with Gasteiger partial charge in [0.05, 0.1) is 12.1 Å². The van der Waals surface area contributed by atoms with Crippen molar-refractivity contribution in [3.05, 3.63) is 0 Å². The van der Waals surface area contributed by atoms with Crippen molar-refractivity contribution in [2.45, 2.75) is 57.6 Å². The summed E-state index contributed by atoms with van der Waals surface area (Å²) in [5, 5.41) is 16.0. The van der Waals surface area contributed by atoms with Crippen LogP contribution in [0.25, 0.3) is 0 Å². The Morgan fingerprint density at radius 3 is 2.62 bits per heavy atom. The van der Waals surface area contributed by atoms with Gasteiger partial charge in [0.25, 0.3) is 0 Å². The van der Waals surface area contributed by atoms with Crippen LogP contribution in [0.15, 0.2) is 0 Å². The highest BCUT2D eigenvalue weighted by molar-refractivity contribution is 5.78. The first kappa shape index (κ1) is 13.5. The predicted molar refractivity (Wildman–Crippen MR) is 64.2 cm³/mol. The van der Waals surface area contributed by atoms with Crippen LogP contribution in [0.2, 0.25) is 0 Å². The SMILES string of the molecule is CCC(C)NC(=O)CNCC1(O)CCCC1. The number of hydrogen-bond acceptors (Lipinski definition) is 3. The van der Waals surface area contributed by atoms with Gasteiger partial charge in [-0.05, 0) is 26.2 Å². The Morgan fingerprint density at radius 2 is 2.06 bits per heavy atom. The molecule has 1 saturated carbocycles. The molecule has 0 aliphatic heterocycles. The van der Waals surface area contributed by atoms with Crippen molar-refractivity contribution in [3.63, 3.8) is 0 Å². The van der Waals surface area contributed by atoms with Crippen molar-refractivity contribution < 1.29 is 9.90 Å². The maximum atomic E-state index is 11.4. The lowest BCUT2D eigenvalue weighted by atomic mass is 10.0. The first-order chi connectivity index (χ1) is 7.56. The fourth-order valence-corrected chi connectivity index (χ4v) is 2.05. The van der Waals surface area contributed by atoms with Gasteiger partial charge in [0, 0.05) is 12.6 Å². The Balaban J connectivity index is 2.12. The Hall–Kier alpha value is -0.610. The van der Waals surface area contributed by atoms with Crippen molar-refractivity contribution in [2.75, 3.05) is 13.1 Å². The summed E-state index contributed by atoms with van der Waals surface area (Å²) in [5.74, 6) is 0.0101. The summed E-state index contributed by atoms with van der Waals surface area (Å²) >= 11 is 0. The molecule has 0 radical (unpaired) electrons. The van der Waals surface area contributed by atoms with Crippen LogP contribution >= 0.6 is 0 Å². The second-order valence-corrected chi connectivity index (χ2v) is 4.91. The summed E-state index contributed by atoms with van der Waals surface area (Å²) < 4.78 is 0. The lowest BCUT2D eigenvalue weighted by Crippen LogP contribution is -2.44. The smallest absolute Gasteiger partial charge is 0.234 e. The zero-order valence-corrected chi connectivity index (χ0v) is 10.4. The summed E-state index contributed by atoms with van der Waals surface area (Å²) in [6, 6.07) is 0.226. The second kappa shape index (κ2) is 6.21. The van der Waals surface area contributed by atoms with Gasteiger partial charge < -0.3 is 15.7 Å². The summed E-state index contributed by atoms with van der Waals surface area (Å²) in [4.78, 5) is 11.4. The van der Waals surface area contributed by atoms with Crippen molar-refractivity contribution in [2.24, 2.45) is 0 Å². The van der Waals surface area contributed by atoms with Crippen LogP contribution in [0.5, 0.6) is 0 Å². The number of aliphatic hydroxyl groups is 1. The third-order valence-corrected chi connectivity index (χ3v) is 3.29. The highest BCUT2D eigenvalue weighted by Crippen LogP contribution is 2.28. The molecule has 0 bridgehead atoms. The van der Waals surface area contributed by atoms with E-state index < -0.39 is 5.60 Å². The van der Waals surface area contributed by atoms with Gasteiger partial charge in [-0.15, -0.1) is 0 Å². The normalized spacial score (nSPS) is 20.7. The summed E-state index contributed by atoms with van der Waals surface area (Å²) in [5.41, 5.74) is -0.573. The van der Waals surface area contributed by atoms with E-state index in [0.29, 0.717) is 13.1 Å². The quantitative estimate of drug-likeness (QED) is 0.630. The van der Waals surface area contributed by atoms with Gasteiger partial charge in [-0.1, -0.05) is 19.8 Å². The van der Waals surface area contributed by atoms with Crippen molar-refractivity contribution >= 4 is 5.91 Å². The minimum atomic E-state index is -0.573. The average molecular weight is 228 g/mol. The third kappa shape index (κ3) is 4.49. The molecule has 1 unspecified atom stereocenters. The van der Waals surface area contributed by atoms with E-state index in [4.69, 9.17) is 0 Å². The number of amides is 1. The van der Waals surface area contributed by atoms with E-state index in [9.17, 15) is 9.90 Å². The highest BCUT2D eigenvalue weighted by atomic mass is 16.3. The van der Waals surface area contributed by atoms with E-state index in [1.54, 1.807) is 0 Å². The van der Waals surface area contributed by atoms with Gasteiger partial charge in [-0.3, -0.25) is 4.79 Å². The molecule has 1 fully saturated rings. The molecule has 94 valence electrons. The molecule has 0 aromatic carbocycles. The van der Waals surface area contributed by atoms with E-state index in [0.717, 1.165) is 32.1 Å². The minimum Gasteiger partial charge on any atom is -0.389 e. The number of carbonyl (C=O) groups is 1. The maximum absolute atomic E-state index is 11.4. The van der Waals surface area contributed by atoms with Crippen LogP contribution < -0.4 is 10.6 Å². The van der Waals surface area contributed by atoms with Crippen LogP contribution in [0.4, 0.5) is 0 Å². The molecular formula is C12H24N2O2. The molecule has 4 heteroatoms. The number of carbonyl (C=O) groups excluding carboxylic acids is 1. The van der Waals surface area contributed by atoms with Crippen molar-refractivity contribution in [1.29, 1.82) is 0 Å². The van der Waals surface area contributed by atoms with Crippen LogP contribution in [0.1, 0.15) is 46.0 Å². The van der Waals surface area contributed by atoms with Gasteiger partial charge in [-0.2, -0.15) is 0 Å². The first-order valence-corrected chi connectivity index (χ1v) is 6.28. The van der Waals surface area contributed by atoms with Crippen LogP contribution in [-0.4, -0.2) is 35.7 Å². The van der Waals surface area contributed by atoms with Gasteiger partial charge >= 0.3 is 0 Å². The van der Waals surface area contributed by atoms with Crippen LogP contribution in [0, 0.1) is 0 Å². The van der Waals surface area contributed by atoms with Crippen molar-refractivity contribution in [1.82, 2.24) is 10.6 Å². The summed E-state index contributed by atoms with van der Waals surface area (Å²) in [6.45, 7) is 4.86. The largest absolute Gasteiger partial charge is 0.389 e. The van der Waals surface area contributed by atoms with Gasteiger partial charge in [0.15, 0.2) is 0 Å². The molecule has 1 atom stereocenters. The Labute approximate surface area is 97.8 Å². The Kier molecular flexibility index (Phi) is 5.22. The molecule has 0 aromatic heterocycles. The molecule has 1 amide bonds. The van der Waals surface area contributed by atoms with Gasteiger partial charge in [-0.25, -0.2) is 0 Å². The second-order valence-electron chi connectivity index (χ2n) is 4.91. The van der Waals surface area contributed by atoms with Crippen molar-refractivity contribution in [3.8, 4) is 0 Å². The summed E-state index contributed by atoms with van der Waals surface area (Å²) in [7, 11) is 0. The minimum absolute atomic E-state index is 0.0101. The number of rotatable bonds is 6. The lowest BCUT2D eigenvalue weighted by molar-refractivity contribution is -0.121. The zero-order chi connectivity index (χ0) is 12.0. The molecule has 0 spiro atoms. The van der Waals surface area contributed by atoms with E-state index in [-0.39, 0.29) is 11.9 Å². The van der Waals surface area contributed by atoms with E-state index >= 15 is 0 Å². The van der Waals surface area contributed by atoms with E-state index in [2.05, 4.69) is 10.6 Å². The molecule has 0 heterocycles. The van der Waals surface area contributed by atoms with Crippen LogP contribution in [0.3, 0.4) is 0 Å². The summed E-state index contributed by atoms with van der Waals surface area (Å²) in [6.07, 6.45) is 4.84. The fraction of sp³-hybridized carbons (Fsp3) is 0.917. The van der Waals surface area contributed by atoms with Crippen LogP contribution in [-0.2, 0) is 4.79 Å². The molecular weight excluding hydrogens is 204 g/mol. The number of nitrogens with one attached hydrogen (secondary N) is 2. The molecule has 1 aliphatic rings. The first-order valence-electron chi connectivity index (χ1n) is 6.28. The lowest BCUT2D eigenvalue weighted by Gasteiger charge is -2.22. The monoisotopic (exact) mass is 228 g/mol. The number of hydrogen-bond donors (Lipinski definition) is 3. The molecule has 0 saturated heterocycles. The topological polar surface area (TPSA) is 61.4 Å². The Bertz CT molecular complexity index is 225. The molecule has 1 rings (SSSR count). The molecule has 1 aliphatic carbocycles. The van der Waals surface area contributed by atoms with E-state index in [1.807, 2.05) is 13.8 Å². The Morgan fingerprint density at radius 1 is 1.44 bits per heavy atom. The van der Waals surface area contributed by atoms with Gasteiger partial charge in [0.2, 0.25) is 5.91 Å². The third-order valence-electron chi connectivity index (χ3n) is 3.29. The predicted octanol–water partition coefficient (Wildman–Crippen LogP) is 0.796. The van der Waals surface area contributed by atoms with E-state index in [1.165, 1.54) is 0 Å². The molecule has 0 aromatic rings. The molecule has 16 heavy (non-hydrogen) atoms. The fourth-order valence-electron chi connectivity index (χ4n) is 2.05. The molecule has 4 nitrogen and oxygen atoms in total. The average Bonchev–Trinajstić information content (AvgIpc) is 2.65. The zero-order valence-electron chi connectivity index (χ0n) is 10.4.